The average molecular weight is 485 g/mol. The van der Waals surface area contributed by atoms with E-state index in [1.54, 1.807) is 16.7 Å². The Morgan fingerprint density at radius 2 is 1.26 bits per heavy atom. The third-order valence-corrected chi connectivity index (χ3v) is 7.30. The molecule has 1 aromatic carbocycles. The maximum absolute atomic E-state index is 12.8. The lowest BCUT2D eigenvalue weighted by atomic mass is 10.0. The molecule has 0 saturated heterocycles. The second kappa shape index (κ2) is 18.5. The van der Waals surface area contributed by atoms with Crippen molar-refractivity contribution >= 4 is 16.8 Å². The molecule has 2 rings (SSSR count). The van der Waals surface area contributed by atoms with Gasteiger partial charge in [0.1, 0.15) is 5.75 Å². The summed E-state index contributed by atoms with van der Waals surface area (Å²) in [6.07, 6.45) is 27.5. The van der Waals surface area contributed by atoms with Crippen molar-refractivity contribution in [2.45, 2.75) is 135 Å². The molecule has 35 heavy (non-hydrogen) atoms. The molecular weight excluding hydrogens is 432 g/mol. The molecule has 0 fully saturated rings. The molecule has 0 atom stereocenters. The third kappa shape index (κ3) is 11.6. The summed E-state index contributed by atoms with van der Waals surface area (Å²) in [5.41, 5.74) is 7.63. The number of aromatic hydroxyl groups is 1. The first kappa shape index (κ1) is 29.4. The number of unbranched alkanes of at least 4 members (excludes halogenated alkanes) is 17. The van der Waals surface area contributed by atoms with Crippen LogP contribution >= 0.6 is 0 Å². The molecule has 1 aromatic heterocycles. The van der Waals surface area contributed by atoms with E-state index < -0.39 is 0 Å². The summed E-state index contributed by atoms with van der Waals surface area (Å²) < 4.78 is 1.76. The van der Waals surface area contributed by atoms with Crippen molar-refractivity contribution in [1.29, 1.82) is 0 Å². The van der Waals surface area contributed by atoms with Crippen molar-refractivity contribution in [2.24, 2.45) is 5.73 Å². The SMILES string of the molecule is CCCCCCCCCCCCCCCCCCCCC(=O)n1cc(CCN)c2cc(O)ccc21. The minimum Gasteiger partial charge on any atom is -0.508 e. The number of nitrogens with two attached hydrogens (primary N) is 1. The van der Waals surface area contributed by atoms with Crippen LogP contribution in [0.3, 0.4) is 0 Å². The molecule has 0 unspecified atom stereocenters. The van der Waals surface area contributed by atoms with Gasteiger partial charge in [0.25, 0.3) is 0 Å². The van der Waals surface area contributed by atoms with Gasteiger partial charge in [0.2, 0.25) is 5.91 Å². The predicted molar refractivity (Wildman–Crippen MR) is 150 cm³/mol. The van der Waals surface area contributed by atoms with E-state index in [0.29, 0.717) is 19.4 Å². The number of fused-ring (bicyclic) bond motifs is 1. The number of benzene rings is 1. The van der Waals surface area contributed by atoms with Crippen molar-refractivity contribution in [3.63, 3.8) is 0 Å². The Hall–Kier alpha value is -1.81. The van der Waals surface area contributed by atoms with Crippen LogP contribution in [0.2, 0.25) is 0 Å². The number of carbonyl (C=O) groups excluding carboxylic acids is 1. The molecule has 198 valence electrons. The molecule has 2 aromatic rings. The summed E-state index contributed by atoms with van der Waals surface area (Å²) in [5.74, 6) is 0.366. The highest BCUT2D eigenvalue weighted by Gasteiger charge is 2.13. The zero-order valence-electron chi connectivity index (χ0n) is 22.5. The van der Waals surface area contributed by atoms with Gasteiger partial charge in [-0.05, 0) is 43.1 Å². The van der Waals surface area contributed by atoms with Gasteiger partial charge in [-0.15, -0.1) is 0 Å². The Morgan fingerprint density at radius 3 is 1.74 bits per heavy atom. The lowest BCUT2D eigenvalue weighted by molar-refractivity contribution is 0.0904. The minimum atomic E-state index is 0.139. The Balaban J connectivity index is 1.45. The average Bonchev–Trinajstić information content (AvgIpc) is 3.21. The zero-order valence-corrected chi connectivity index (χ0v) is 22.5. The van der Waals surface area contributed by atoms with Crippen molar-refractivity contribution < 1.29 is 9.90 Å². The summed E-state index contributed by atoms with van der Waals surface area (Å²) in [6, 6.07) is 5.22. The molecule has 0 amide bonds. The maximum Gasteiger partial charge on any atom is 0.231 e. The number of hydrogen-bond donors (Lipinski definition) is 2. The molecule has 0 aliphatic rings. The third-order valence-electron chi connectivity index (χ3n) is 7.30. The molecule has 4 nitrogen and oxygen atoms in total. The summed E-state index contributed by atoms with van der Waals surface area (Å²) in [4.78, 5) is 12.8. The number of nitrogens with zero attached hydrogens (tertiary/aromatic N) is 1. The number of aromatic nitrogens is 1. The monoisotopic (exact) mass is 484 g/mol. The van der Waals surface area contributed by atoms with Crippen LogP contribution in [0, 0.1) is 0 Å². The lowest BCUT2D eigenvalue weighted by Crippen LogP contribution is -2.09. The number of rotatable bonds is 21. The van der Waals surface area contributed by atoms with Crippen LogP contribution in [0.15, 0.2) is 24.4 Å². The summed E-state index contributed by atoms with van der Waals surface area (Å²) in [7, 11) is 0. The van der Waals surface area contributed by atoms with Crippen LogP contribution in [0.25, 0.3) is 10.9 Å². The predicted octanol–water partition coefficient (Wildman–Crippen LogP) is 8.92. The highest BCUT2D eigenvalue weighted by Crippen LogP contribution is 2.26. The lowest BCUT2D eigenvalue weighted by Gasteiger charge is -2.05. The van der Waals surface area contributed by atoms with E-state index in [-0.39, 0.29) is 11.7 Å². The van der Waals surface area contributed by atoms with Gasteiger partial charge in [-0.3, -0.25) is 9.36 Å². The highest BCUT2D eigenvalue weighted by molar-refractivity contribution is 5.95. The fourth-order valence-electron chi connectivity index (χ4n) is 5.15. The van der Waals surface area contributed by atoms with E-state index in [0.717, 1.165) is 29.3 Å². The van der Waals surface area contributed by atoms with E-state index in [1.165, 1.54) is 103 Å². The summed E-state index contributed by atoms with van der Waals surface area (Å²) in [5, 5.41) is 10.7. The topological polar surface area (TPSA) is 68.2 Å². The standard InChI is InChI=1S/C31H52N2O2/c1-2-3-4-5-6-7-8-9-10-11-12-13-14-15-16-17-18-19-20-31(35)33-26-27(23-24-32)29-25-28(34)21-22-30(29)33/h21-22,25-26,34H,2-20,23-24,32H2,1H3. The molecule has 4 heteroatoms. The highest BCUT2D eigenvalue weighted by atomic mass is 16.3. The summed E-state index contributed by atoms with van der Waals surface area (Å²) >= 11 is 0. The molecule has 0 spiro atoms. The maximum atomic E-state index is 12.8. The Kier molecular flexibility index (Phi) is 15.5. The van der Waals surface area contributed by atoms with Gasteiger partial charge in [0.15, 0.2) is 0 Å². The van der Waals surface area contributed by atoms with Gasteiger partial charge < -0.3 is 10.8 Å². The van der Waals surface area contributed by atoms with Crippen LogP contribution in [-0.4, -0.2) is 22.1 Å². The molecule has 0 radical (unpaired) electrons. The molecule has 0 aliphatic carbocycles. The van der Waals surface area contributed by atoms with Gasteiger partial charge in [-0.25, -0.2) is 0 Å². The van der Waals surface area contributed by atoms with Gasteiger partial charge in [0, 0.05) is 18.0 Å². The van der Waals surface area contributed by atoms with Gasteiger partial charge in [-0.1, -0.05) is 116 Å². The molecule has 1 heterocycles. The second-order valence-corrected chi connectivity index (χ2v) is 10.4. The van der Waals surface area contributed by atoms with E-state index >= 15 is 0 Å². The second-order valence-electron chi connectivity index (χ2n) is 10.4. The molecule has 3 N–H and O–H groups in total. The van der Waals surface area contributed by atoms with E-state index in [1.807, 2.05) is 12.3 Å². The largest absolute Gasteiger partial charge is 0.508 e. The number of phenols is 1. The Labute approximate surface area is 214 Å². The normalized spacial score (nSPS) is 11.5. The van der Waals surface area contributed by atoms with Crippen LogP contribution < -0.4 is 5.73 Å². The molecular formula is C31H52N2O2. The van der Waals surface area contributed by atoms with Crippen LogP contribution in [-0.2, 0) is 6.42 Å². The number of phenolic OH excluding ortho intramolecular Hbond substituents is 1. The molecule has 0 bridgehead atoms. The van der Waals surface area contributed by atoms with Crippen LogP contribution in [0.1, 0.15) is 139 Å². The zero-order chi connectivity index (χ0) is 25.1. The summed E-state index contributed by atoms with van der Waals surface area (Å²) in [6.45, 7) is 2.81. The van der Waals surface area contributed by atoms with E-state index in [2.05, 4.69) is 6.92 Å². The fourth-order valence-corrected chi connectivity index (χ4v) is 5.15. The Bertz CT molecular complexity index is 827. The van der Waals surface area contributed by atoms with Crippen molar-refractivity contribution in [3.05, 3.63) is 30.0 Å². The first-order chi connectivity index (χ1) is 17.2. The number of hydrogen-bond acceptors (Lipinski definition) is 3. The van der Waals surface area contributed by atoms with Crippen molar-refractivity contribution in [3.8, 4) is 5.75 Å². The van der Waals surface area contributed by atoms with E-state index in [9.17, 15) is 9.90 Å². The van der Waals surface area contributed by atoms with Gasteiger partial charge in [0.05, 0.1) is 5.52 Å². The first-order valence-electron chi connectivity index (χ1n) is 14.7. The first-order valence-corrected chi connectivity index (χ1v) is 14.7. The van der Waals surface area contributed by atoms with E-state index in [4.69, 9.17) is 5.73 Å². The molecule has 0 saturated carbocycles. The van der Waals surface area contributed by atoms with Crippen LogP contribution in [0.5, 0.6) is 5.75 Å². The van der Waals surface area contributed by atoms with Gasteiger partial charge in [-0.2, -0.15) is 0 Å². The van der Waals surface area contributed by atoms with Gasteiger partial charge >= 0.3 is 0 Å². The fraction of sp³-hybridized carbons (Fsp3) is 0.710. The van der Waals surface area contributed by atoms with Crippen molar-refractivity contribution in [1.82, 2.24) is 4.57 Å². The molecule has 0 aliphatic heterocycles. The van der Waals surface area contributed by atoms with Crippen molar-refractivity contribution in [2.75, 3.05) is 6.54 Å². The smallest absolute Gasteiger partial charge is 0.231 e. The quantitative estimate of drug-likeness (QED) is 0.174. The minimum absolute atomic E-state index is 0.139. The Morgan fingerprint density at radius 1 is 0.771 bits per heavy atom. The van der Waals surface area contributed by atoms with Crippen LogP contribution in [0.4, 0.5) is 0 Å². The number of carbonyl (C=O) groups is 1.